The molecule has 6 nitrogen and oxygen atoms in total. The van der Waals surface area contributed by atoms with Gasteiger partial charge in [0.05, 0.1) is 17.8 Å². The maximum Gasteiger partial charge on any atom is 0.269 e. The van der Waals surface area contributed by atoms with Gasteiger partial charge in [-0.1, -0.05) is 6.08 Å². The molecule has 0 aromatic carbocycles. The summed E-state index contributed by atoms with van der Waals surface area (Å²) >= 11 is 0. The van der Waals surface area contributed by atoms with Crippen molar-refractivity contribution >= 4 is 5.91 Å². The number of hydrogen-bond acceptors (Lipinski definition) is 4. The SMILES string of the molecule is CC(NC(=O)C1=C2C=CC=CN2C(Cc2ccc[nH+]c2)N1)C1CCCO1. The topological polar surface area (TPSA) is 67.7 Å². The molecule has 0 spiro atoms. The van der Waals surface area contributed by atoms with Crippen molar-refractivity contribution in [1.82, 2.24) is 15.5 Å². The van der Waals surface area contributed by atoms with Crippen LogP contribution in [0.3, 0.4) is 0 Å². The number of fused-ring (bicyclic) bond motifs is 1. The molecule has 3 unspecified atom stereocenters. The molecule has 0 bridgehead atoms. The van der Waals surface area contributed by atoms with Crippen LogP contribution in [0.1, 0.15) is 25.3 Å². The molecule has 4 heterocycles. The number of hydrogen-bond donors (Lipinski definition) is 2. The molecule has 1 aromatic heterocycles. The molecular weight excluding hydrogens is 328 g/mol. The summed E-state index contributed by atoms with van der Waals surface area (Å²) in [4.78, 5) is 18.1. The van der Waals surface area contributed by atoms with Crippen LogP contribution in [0.2, 0.25) is 0 Å². The molecule has 0 saturated carbocycles. The largest absolute Gasteiger partial charge is 0.376 e. The van der Waals surface area contributed by atoms with Crippen molar-refractivity contribution in [1.29, 1.82) is 0 Å². The van der Waals surface area contributed by atoms with Gasteiger partial charge in [0.2, 0.25) is 0 Å². The minimum Gasteiger partial charge on any atom is -0.376 e. The highest BCUT2D eigenvalue weighted by Gasteiger charge is 2.34. The second-order valence-corrected chi connectivity index (χ2v) is 6.96. The fourth-order valence-electron chi connectivity index (χ4n) is 3.73. The highest BCUT2D eigenvalue weighted by molar-refractivity contribution is 5.95. The molecule has 1 amide bonds. The van der Waals surface area contributed by atoms with E-state index in [1.165, 1.54) is 5.56 Å². The summed E-state index contributed by atoms with van der Waals surface area (Å²) in [5.74, 6) is -0.0740. The molecule has 136 valence electrons. The van der Waals surface area contributed by atoms with Crippen LogP contribution in [-0.2, 0) is 16.0 Å². The van der Waals surface area contributed by atoms with Crippen LogP contribution in [0.5, 0.6) is 0 Å². The van der Waals surface area contributed by atoms with E-state index in [-0.39, 0.29) is 24.2 Å². The number of nitrogens with one attached hydrogen (secondary N) is 3. The summed E-state index contributed by atoms with van der Waals surface area (Å²) in [5.41, 5.74) is 2.72. The summed E-state index contributed by atoms with van der Waals surface area (Å²) < 4.78 is 5.69. The standard InChI is InChI=1S/C20H24N4O2/c1-14(17-8-5-11-26-17)22-20(25)19-16-7-2-3-10-24(16)18(23-19)12-15-6-4-9-21-13-15/h2-4,6-7,9-10,13-14,17-18,23H,5,8,11-12H2,1H3,(H,22,25)/p+1. The highest BCUT2D eigenvalue weighted by Crippen LogP contribution is 2.27. The molecular formula is C20H25N4O2+. The van der Waals surface area contributed by atoms with E-state index < -0.39 is 0 Å². The van der Waals surface area contributed by atoms with Gasteiger partial charge in [-0.15, -0.1) is 0 Å². The maximum atomic E-state index is 12.9. The molecule has 0 radical (unpaired) electrons. The van der Waals surface area contributed by atoms with Crippen LogP contribution in [0.4, 0.5) is 0 Å². The van der Waals surface area contributed by atoms with Crippen molar-refractivity contribution in [3.63, 3.8) is 0 Å². The Labute approximate surface area is 153 Å². The molecule has 3 aliphatic heterocycles. The lowest BCUT2D eigenvalue weighted by Crippen LogP contribution is -2.44. The van der Waals surface area contributed by atoms with E-state index in [1.807, 2.05) is 49.8 Å². The summed E-state index contributed by atoms with van der Waals surface area (Å²) in [6.07, 6.45) is 14.8. The average molecular weight is 353 g/mol. The Morgan fingerprint density at radius 3 is 3.19 bits per heavy atom. The molecule has 3 N–H and O–H groups in total. The number of carbonyl (C=O) groups excluding carboxylic acids is 1. The lowest BCUT2D eigenvalue weighted by atomic mass is 10.1. The van der Waals surface area contributed by atoms with Crippen LogP contribution < -0.4 is 15.6 Å². The summed E-state index contributed by atoms with van der Waals surface area (Å²) in [6, 6.07) is 4.07. The van der Waals surface area contributed by atoms with E-state index in [0.29, 0.717) is 5.70 Å². The van der Waals surface area contributed by atoms with Gasteiger partial charge in [-0.3, -0.25) is 4.79 Å². The fraction of sp³-hybridized carbons (Fsp3) is 0.400. The van der Waals surface area contributed by atoms with Gasteiger partial charge in [-0.05, 0) is 38.0 Å². The third kappa shape index (κ3) is 3.37. The van der Waals surface area contributed by atoms with Crippen LogP contribution in [0.25, 0.3) is 0 Å². The molecule has 4 rings (SSSR count). The third-order valence-electron chi connectivity index (χ3n) is 5.10. The molecule has 6 heteroatoms. The van der Waals surface area contributed by atoms with Crippen molar-refractivity contribution in [3.8, 4) is 0 Å². The van der Waals surface area contributed by atoms with Gasteiger partial charge >= 0.3 is 0 Å². The number of ether oxygens (including phenoxy) is 1. The zero-order valence-corrected chi connectivity index (χ0v) is 14.9. The van der Waals surface area contributed by atoms with Gasteiger partial charge in [0.1, 0.15) is 11.9 Å². The number of allylic oxidation sites excluding steroid dienone is 3. The van der Waals surface area contributed by atoms with E-state index in [2.05, 4.69) is 26.6 Å². The van der Waals surface area contributed by atoms with Gasteiger partial charge in [-0.2, -0.15) is 0 Å². The van der Waals surface area contributed by atoms with Gasteiger partial charge in [0.15, 0.2) is 12.4 Å². The Balaban J connectivity index is 1.48. The Kier molecular flexibility index (Phi) is 4.75. The average Bonchev–Trinajstić information content (AvgIpc) is 3.31. The number of carbonyl (C=O) groups is 1. The summed E-state index contributed by atoms with van der Waals surface area (Å²) in [7, 11) is 0. The van der Waals surface area contributed by atoms with Crippen molar-refractivity contribution in [2.24, 2.45) is 0 Å². The quantitative estimate of drug-likeness (QED) is 0.836. The lowest BCUT2D eigenvalue weighted by Gasteiger charge is -2.25. The summed E-state index contributed by atoms with van der Waals surface area (Å²) in [5, 5.41) is 6.52. The number of pyridine rings is 1. The number of aromatic nitrogens is 1. The van der Waals surface area contributed by atoms with E-state index >= 15 is 0 Å². The number of aromatic amines is 1. The van der Waals surface area contributed by atoms with Gasteiger partial charge < -0.3 is 20.3 Å². The first-order chi connectivity index (χ1) is 12.7. The second kappa shape index (κ2) is 7.33. The van der Waals surface area contributed by atoms with Gasteiger partial charge in [0, 0.05) is 30.9 Å². The smallest absolute Gasteiger partial charge is 0.269 e. The van der Waals surface area contributed by atoms with E-state index in [9.17, 15) is 4.79 Å². The maximum absolute atomic E-state index is 12.9. The monoisotopic (exact) mass is 353 g/mol. The zero-order chi connectivity index (χ0) is 17.9. The molecule has 1 fully saturated rings. The molecule has 1 saturated heterocycles. The third-order valence-corrected chi connectivity index (χ3v) is 5.10. The van der Waals surface area contributed by atoms with Crippen LogP contribution >= 0.6 is 0 Å². The highest BCUT2D eigenvalue weighted by atomic mass is 16.5. The van der Waals surface area contributed by atoms with Crippen LogP contribution in [0.15, 0.2) is 60.3 Å². The van der Waals surface area contributed by atoms with Crippen molar-refractivity contribution in [2.75, 3.05) is 6.61 Å². The first-order valence-electron chi connectivity index (χ1n) is 9.24. The first kappa shape index (κ1) is 16.8. The Morgan fingerprint density at radius 1 is 1.50 bits per heavy atom. The fourth-order valence-corrected chi connectivity index (χ4v) is 3.73. The number of nitrogens with zero attached hydrogens (tertiary/aromatic N) is 1. The first-order valence-corrected chi connectivity index (χ1v) is 9.24. The van der Waals surface area contributed by atoms with Crippen LogP contribution in [0, 0.1) is 0 Å². The number of amides is 1. The van der Waals surface area contributed by atoms with Crippen molar-refractivity contribution < 1.29 is 14.5 Å². The Morgan fingerprint density at radius 2 is 2.42 bits per heavy atom. The number of H-pyrrole nitrogens is 1. The molecule has 26 heavy (non-hydrogen) atoms. The van der Waals surface area contributed by atoms with Gasteiger partial charge in [0.25, 0.3) is 5.91 Å². The van der Waals surface area contributed by atoms with E-state index in [0.717, 1.165) is 31.6 Å². The molecule has 3 aliphatic rings. The molecule has 1 aromatic rings. The lowest BCUT2D eigenvalue weighted by molar-refractivity contribution is -0.378. The van der Waals surface area contributed by atoms with E-state index in [4.69, 9.17) is 4.74 Å². The predicted octanol–water partition coefficient (Wildman–Crippen LogP) is 1.25. The Hall–Kier alpha value is -2.60. The predicted molar refractivity (Wildman–Crippen MR) is 97.3 cm³/mol. The normalized spacial score (nSPS) is 25.2. The van der Waals surface area contributed by atoms with Crippen molar-refractivity contribution in [2.45, 2.75) is 44.5 Å². The minimum absolute atomic E-state index is 0.000708. The molecule has 0 aliphatic carbocycles. The van der Waals surface area contributed by atoms with Gasteiger partial charge in [-0.25, -0.2) is 4.98 Å². The zero-order valence-electron chi connectivity index (χ0n) is 14.9. The van der Waals surface area contributed by atoms with Crippen molar-refractivity contribution in [3.05, 3.63) is 65.9 Å². The minimum atomic E-state index is -0.0740. The molecule has 3 atom stereocenters. The summed E-state index contributed by atoms with van der Waals surface area (Å²) in [6.45, 7) is 2.80. The van der Waals surface area contributed by atoms with Crippen LogP contribution in [-0.4, -0.2) is 35.7 Å². The Bertz CT molecular complexity index is 750. The second-order valence-electron chi connectivity index (χ2n) is 6.96. The number of rotatable bonds is 5. The van der Waals surface area contributed by atoms with E-state index in [1.54, 1.807) is 0 Å².